The predicted molar refractivity (Wildman–Crippen MR) is 86.1 cm³/mol. The fourth-order valence-corrected chi connectivity index (χ4v) is 3.18. The van der Waals surface area contributed by atoms with Crippen LogP contribution < -0.4 is 5.32 Å². The minimum atomic E-state index is -0.284. The highest BCUT2D eigenvalue weighted by molar-refractivity contribution is 9.10. The Morgan fingerprint density at radius 3 is 2.35 bits per heavy atom. The Kier molecular flexibility index (Phi) is 5.44. The van der Waals surface area contributed by atoms with Gasteiger partial charge in [0, 0.05) is 16.1 Å². The largest absolute Gasteiger partial charge is 0.313 e. The van der Waals surface area contributed by atoms with Gasteiger partial charge in [-0.05, 0) is 58.7 Å². The minimum Gasteiger partial charge on any atom is -0.313 e. The van der Waals surface area contributed by atoms with Crippen LogP contribution in [-0.2, 0) is 6.42 Å². The van der Waals surface area contributed by atoms with Crippen LogP contribution in [0.5, 0.6) is 0 Å². The van der Waals surface area contributed by atoms with E-state index in [0.29, 0.717) is 20.9 Å². The molecule has 0 saturated carbocycles. The highest BCUT2D eigenvalue weighted by Gasteiger charge is 2.18. The van der Waals surface area contributed by atoms with Gasteiger partial charge in [0.15, 0.2) is 0 Å². The Morgan fingerprint density at radius 2 is 1.75 bits per heavy atom. The minimum absolute atomic E-state index is 0.0857. The maximum Gasteiger partial charge on any atom is 0.137 e. The second-order valence-electron chi connectivity index (χ2n) is 4.39. The van der Waals surface area contributed by atoms with Crippen LogP contribution in [0, 0.1) is 5.82 Å². The Balaban J connectivity index is 2.37. The second-order valence-corrected chi connectivity index (χ2v) is 6.00. The summed E-state index contributed by atoms with van der Waals surface area (Å²) in [5.41, 5.74) is 1.69. The lowest BCUT2D eigenvalue weighted by Gasteiger charge is -2.20. The summed E-state index contributed by atoms with van der Waals surface area (Å²) in [5.74, 6) is -0.284. The van der Waals surface area contributed by atoms with Gasteiger partial charge in [-0.2, -0.15) is 0 Å². The average molecular weight is 377 g/mol. The van der Waals surface area contributed by atoms with Crippen molar-refractivity contribution in [3.05, 3.63) is 67.9 Å². The van der Waals surface area contributed by atoms with E-state index in [1.807, 2.05) is 13.1 Å². The summed E-state index contributed by atoms with van der Waals surface area (Å²) in [6.45, 7) is 0. The van der Waals surface area contributed by atoms with Crippen LogP contribution in [0.25, 0.3) is 0 Å². The molecule has 0 fully saturated rings. The summed E-state index contributed by atoms with van der Waals surface area (Å²) in [7, 11) is 1.83. The molecule has 0 aliphatic heterocycles. The molecule has 0 bridgehead atoms. The predicted octanol–water partition coefficient (Wildman–Crippen LogP) is 5.40. The second kappa shape index (κ2) is 6.90. The molecule has 2 aromatic carbocycles. The number of halogens is 4. The molecule has 0 amide bonds. The Labute approximate surface area is 136 Å². The Bertz CT molecular complexity index is 599. The van der Waals surface area contributed by atoms with Crippen LogP contribution in [-0.4, -0.2) is 7.05 Å². The number of hydrogen-bond acceptors (Lipinski definition) is 1. The van der Waals surface area contributed by atoms with Crippen molar-refractivity contribution in [2.45, 2.75) is 12.5 Å². The van der Waals surface area contributed by atoms with Gasteiger partial charge < -0.3 is 5.32 Å². The summed E-state index contributed by atoms with van der Waals surface area (Å²) >= 11 is 15.7. The quantitative estimate of drug-likeness (QED) is 0.753. The van der Waals surface area contributed by atoms with E-state index < -0.39 is 0 Å². The molecule has 0 aromatic heterocycles. The van der Waals surface area contributed by atoms with Crippen molar-refractivity contribution >= 4 is 39.1 Å². The molecule has 1 unspecified atom stereocenters. The molecule has 106 valence electrons. The van der Waals surface area contributed by atoms with Gasteiger partial charge in [-0.25, -0.2) is 4.39 Å². The van der Waals surface area contributed by atoms with Crippen molar-refractivity contribution in [1.82, 2.24) is 5.32 Å². The average Bonchev–Trinajstić information content (AvgIpc) is 2.42. The monoisotopic (exact) mass is 375 g/mol. The van der Waals surface area contributed by atoms with Crippen molar-refractivity contribution in [1.29, 1.82) is 0 Å². The zero-order valence-electron chi connectivity index (χ0n) is 10.8. The normalized spacial score (nSPS) is 12.4. The molecule has 2 rings (SSSR count). The van der Waals surface area contributed by atoms with E-state index in [-0.39, 0.29) is 11.9 Å². The SMILES string of the molecule is CNC(Cc1c(Cl)cccc1Cl)c1cccc(F)c1Br. The molecule has 0 aliphatic rings. The molecule has 20 heavy (non-hydrogen) atoms. The van der Waals surface area contributed by atoms with E-state index in [1.54, 1.807) is 24.3 Å². The smallest absolute Gasteiger partial charge is 0.137 e. The van der Waals surface area contributed by atoms with Gasteiger partial charge in [-0.1, -0.05) is 41.4 Å². The van der Waals surface area contributed by atoms with Gasteiger partial charge in [0.25, 0.3) is 0 Å². The standard InChI is InChI=1S/C15H13BrCl2FN/c1-20-14(9-4-2-7-13(19)15(9)16)8-10-11(17)5-3-6-12(10)18/h2-7,14,20H,8H2,1H3. The molecule has 0 heterocycles. The summed E-state index contributed by atoms with van der Waals surface area (Å²) in [6.07, 6.45) is 0.580. The van der Waals surface area contributed by atoms with Crippen LogP contribution in [0.15, 0.2) is 40.9 Å². The van der Waals surface area contributed by atoms with E-state index >= 15 is 0 Å². The molecule has 0 radical (unpaired) electrons. The third-order valence-corrected chi connectivity index (χ3v) is 4.72. The van der Waals surface area contributed by atoms with Gasteiger partial charge in [-0.15, -0.1) is 0 Å². The van der Waals surface area contributed by atoms with E-state index in [1.165, 1.54) is 6.07 Å². The fraction of sp³-hybridized carbons (Fsp3) is 0.200. The van der Waals surface area contributed by atoms with Crippen LogP contribution in [0.2, 0.25) is 10.0 Å². The highest BCUT2D eigenvalue weighted by Crippen LogP contribution is 2.32. The lowest BCUT2D eigenvalue weighted by Crippen LogP contribution is -2.20. The van der Waals surface area contributed by atoms with Crippen molar-refractivity contribution in [2.24, 2.45) is 0 Å². The third-order valence-electron chi connectivity index (χ3n) is 3.18. The molecule has 1 atom stereocenters. The van der Waals surface area contributed by atoms with Crippen LogP contribution in [0.1, 0.15) is 17.2 Å². The topological polar surface area (TPSA) is 12.0 Å². The Hall–Kier alpha value is -0.610. The zero-order valence-corrected chi connectivity index (χ0v) is 13.9. The van der Waals surface area contributed by atoms with E-state index in [0.717, 1.165) is 11.1 Å². The molecule has 0 saturated heterocycles. The molecule has 1 nitrogen and oxygen atoms in total. The van der Waals surface area contributed by atoms with Gasteiger partial charge >= 0.3 is 0 Å². The number of benzene rings is 2. The number of nitrogens with one attached hydrogen (secondary N) is 1. The van der Waals surface area contributed by atoms with E-state index in [9.17, 15) is 4.39 Å². The van der Waals surface area contributed by atoms with Gasteiger partial charge in [0.2, 0.25) is 0 Å². The van der Waals surface area contributed by atoms with Crippen molar-refractivity contribution in [2.75, 3.05) is 7.05 Å². The lowest BCUT2D eigenvalue weighted by molar-refractivity contribution is 0.571. The maximum atomic E-state index is 13.6. The zero-order chi connectivity index (χ0) is 14.7. The summed E-state index contributed by atoms with van der Waals surface area (Å²) in [5, 5.41) is 4.41. The maximum absolute atomic E-state index is 13.6. The van der Waals surface area contributed by atoms with Crippen LogP contribution in [0.4, 0.5) is 4.39 Å². The lowest BCUT2D eigenvalue weighted by atomic mass is 9.99. The summed E-state index contributed by atoms with van der Waals surface area (Å²) < 4.78 is 14.1. The molecule has 2 aromatic rings. The van der Waals surface area contributed by atoms with Crippen molar-refractivity contribution in [3.8, 4) is 0 Å². The first kappa shape index (κ1) is 15.8. The molecule has 1 N–H and O–H groups in total. The number of hydrogen-bond donors (Lipinski definition) is 1. The number of rotatable bonds is 4. The molecule has 0 aliphatic carbocycles. The Morgan fingerprint density at radius 1 is 1.15 bits per heavy atom. The first-order valence-electron chi connectivity index (χ1n) is 6.08. The molecular weight excluding hydrogens is 364 g/mol. The van der Waals surface area contributed by atoms with Gasteiger partial charge in [0.05, 0.1) is 4.47 Å². The first-order chi connectivity index (χ1) is 9.54. The number of likely N-dealkylation sites (N-methyl/N-ethyl adjacent to an activating group) is 1. The van der Waals surface area contributed by atoms with E-state index in [2.05, 4.69) is 21.2 Å². The van der Waals surface area contributed by atoms with E-state index in [4.69, 9.17) is 23.2 Å². The third kappa shape index (κ3) is 3.34. The molecular formula is C15H13BrCl2FN. The molecule has 0 spiro atoms. The highest BCUT2D eigenvalue weighted by atomic mass is 79.9. The van der Waals surface area contributed by atoms with Crippen LogP contribution in [0.3, 0.4) is 0 Å². The van der Waals surface area contributed by atoms with Crippen LogP contribution >= 0.6 is 39.1 Å². The fourth-order valence-electron chi connectivity index (χ4n) is 2.09. The van der Waals surface area contributed by atoms with Gasteiger partial charge in [-0.3, -0.25) is 0 Å². The van der Waals surface area contributed by atoms with Crippen molar-refractivity contribution in [3.63, 3.8) is 0 Å². The summed E-state index contributed by atoms with van der Waals surface area (Å²) in [6, 6.07) is 10.3. The van der Waals surface area contributed by atoms with Gasteiger partial charge in [0.1, 0.15) is 5.82 Å². The summed E-state index contributed by atoms with van der Waals surface area (Å²) in [4.78, 5) is 0. The first-order valence-corrected chi connectivity index (χ1v) is 7.63. The van der Waals surface area contributed by atoms with Crippen molar-refractivity contribution < 1.29 is 4.39 Å². The molecule has 5 heteroatoms.